The van der Waals surface area contributed by atoms with Crippen LogP contribution in [0.1, 0.15) is 82.6 Å². The molecule has 0 bridgehead atoms. The van der Waals surface area contributed by atoms with E-state index in [0.717, 1.165) is 31.4 Å². The first-order valence-corrected chi connectivity index (χ1v) is 13.0. The highest BCUT2D eigenvalue weighted by atomic mass is 16.5. The fourth-order valence-corrected chi connectivity index (χ4v) is 5.01. The second-order valence-electron chi connectivity index (χ2n) is 10.4. The van der Waals surface area contributed by atoms with Crippen molar-refractivity contribution in [2.24, 2.45) is 5.41 Å². The van der Waals surface area contributed by atoms with E-state index in [9.17, 15) is 9.59 Å². The number of benzene rings is 1. The van der Waals surface area contributed by atoms with Crippen LogP contribution in [0.15, 0.2) is 28.7 Å². The van der Waals surface area contributed by atoms with Gasteiger partial charge < -0.3 is 19.4 Å². The van der Waals surface area contributed by atoms with Crippen molar-refractivity contribution >= 4 is 11.8 Å². The summed E-state index contributed by atoms with van der Waals surface area (Å²) in [7, 11) is 0. The summed E-state index contributed by atoms with van der Waals surface area (Å²) < 4.78 is 11.7. The fraction of sp³-hybridized carbons (Fsp3) is 0.630. The molecule has 0 aliphatic carbocycles. The molecule has 4 rings (SSSR count). The number of carbonyl (C=O) groups excluding carboxylic acids is 2. The quantitative estimate of drug-likeness (QED) is 0.706. The van der Waals surface area contributed by atoms with Gasteiger partial charge in [0, 0.05) is 31.8 Å². The van der Waals surface area contributed by atoms with E-state index in [2.05, 4.69) is 27.6 Å². The second kappa shape index (κ2) is 11.2. The number of nitrogens with zero attached hydrogens (tertiary/aromatic N) is 3. The summed E-state index contributed by atoms with van der Waals surface area (Å²) in [6, 6.07) is 8.09. The first kappa shape index (κ1) is 25.2. The van der Waals surface area contributed by atoms with Crippen molar-refractivity contribution in [3.8, 4) is 5.75 Å². The number of para-hydroxylation sites is 1. The predicted octanol–water partition coefficient (Wildman–Crippen LogP) is 4.04. The summed E-state index contributed by atoms with van der Waals surface area (Å²) in [5, 5.41) is 11.3. The Balaban J connectivity index is 1.34. The van der Waals surface area contributed by atoms with E-state index in [0.29, 0.717) is 57.2 Å². The standard InChI is InChI=1S/C27H38N4O4/c1-19(2)25-30-29-23(35-25)11-12-24(32)31-16-14-27(15-17-31)13-7-6-9-21-8-4-5-10-22(21)34-18-20(3)28-26(27)33/h4-5,8,10,19-20H,6-7,9,11-18H2,1-3H3,(H,28,33)/t20-/m1/s1. The predicted molar refractivity (Wildman–Crippen MR) is 132 cm³/mol. The van der Waals surface area contributed by atoms with E-state index in [4.69, 9.17) is 9.15 Å². The lowest BCUT2D eigenvalue weighted by atomic mass is 9.73. The molecule has 1 aromatic heterocycles. The topological polar surface area (TPSA) is 97.6 Å². The van der Waals surface area contributed by atoms with E-state index in [1.54, 1.807) is 0 Å². The Bertz CT molecular complexity index is 1010. The maximum atomic E-state index is 13.4. The average molecular weight is 483 g/mol. The molecule has 190 valence electrons. The highest BCUT2D eigenvalue weighted by molar-refractivity contribution is 5.83. The lowest BCUT2D eigenvalue weighted by Gasteiger charge is -2.41. The third-order valence-electron chi connectivity index (χ3n) is 7.27. The van der Waals surface area contributed by atoms with Crippen molar-refractivity contribution in [2.45, 2.75) is 84.1 Å². The van der Waals surface area contributed by atoms with E-state index < -0.39 is 5.41 Å². The third-order valence-corrected chi connectivity index (χ3v) is 7.27. The number of aryl methyl sites for hydroxylation is 2. The molecule has 1 saturated heterocycles. The molecule has 1 aromatic carbocycles. The number of piperidine rings is 1. The number of rotatable bonds is 4. The molecule has 3 heterocycles. The maximum Gasteiger partial charge on any atom is 0.226 e. The molecule has 0 saturated carbocycles. The molecule has 8 nitrogen and oxygen atoms in total. The van der Waals surface area contributed by atoms with E-state index in [-0.39, 0.29) is 23.8 Å². The summed E-state index contributed by atoms with van der Waals surface area (Å²) >= 11 is 0. The Morgan fingerprint density at radius 1 is 1.17 bits per heavy atom. The van der Waals surface area contributed by atoms with Crippen LogP contribution in [0, 0.1) is 5.41 Å². The molecule has 1 spiro atoms. The average Bonchev–Trinajstić information content (AvgIpc) is 3.34. The van der Waals surface area contributed by atoms with Crippen LogP contribution in [0.3, 0.4) is 0 Å². The van der Waals surface area contributed by atoms with Crippen LogP contribution in [0.4, 0.5) is 0 Å². The molecule has 2 amide bonds. The van der Waals surface area contributed by atoms with Crippen molar-refractivity contribution in [1.29, 1.82) is 0 Å². The monoisotopic (exact) mass is 482 g/mol. The van der Waals surface area contributed by atoms with Crippen LogP contribution in [-0.4, -0.2) is 52.6 Å². The molecule has 2 aliphatic heterocycles. The van der Waals surface area contributed by atoms with Crippen molar-refractivity contribution in [2.75, 3.05) is 19.7 Å². The van der Waals surface area contributed by atoms with Gasteiger partial charge in [-0.3, -0.25) is 9.59 Å². The number of likely N-dealkylation sites (tertiary alicyclic amines) is 1. The molecule has 0 radical (unpaired) electrons. The zero-order valence-electron chi connectivity index (χ0n) is 21.2. The minimum Gasteiger partial charge on any atom is -0.491 e. The second-order valence-corrected chi connectivity index (χ2v) is 10.4. The van der Waals surface area contributed by atoms with Gasteiger partial charge in [0.25, 0.3) is 0 Å². The van der Waals surface area contributed by atoms with Gasteiger partial charge in [0.2, 0.25) is 23.6 Å². The smallest absolute Gasteiger partial charge is 0.226 e. The highest BCUT2D eigenvalue weighted by Gasteiger charge is 2.42. The van der Waals surface area contributed by atoms with Crippen molar-refractivity contribution in [3.05, 3.63) is 41.6 Å². The van der Waals surface area contributed by atoms with E-state index in [1.165, 1.54) is 5.56 Å². The zero-order chi connectivity index (χ0) is 24.8. The number of carbonyl (C=O) groups is 2. The molecule has 1 fully saturated rings. The van der Waals surface area contributed by atoms with E-state index >= 15 is 0 Å². The highest BCUT2D eigenvalue weighted by Crippen LogP contribution is 2.38. The molecule has 8 heteroatoms. The number of hydrogen-bond acceptors (Lipinski definition) is 6. The van der Waals surface area contributed by atoms with Gasteiger partial charge in [0.05, 0.1) is 11.5 Å². The summed E-state index contributed by atoms with van der Waals surface area (Å²) in [5.74, 6) is 2.37. The molecule has 0 unspecified atom stereocenters. The van der Waals surface area contributed by atoms with Gasteiger partial charge in [0.1, 0.15) is 12.4 Å². The fourth-order valence-electron chi connectivity index (χ4n) is 5.01. The van der Waals surface area contributed by atoms with Gasteiger partial charge in [-0.05, 0) is 50.7 Å². The SMILES string of the molecule is CC(C)c1nnc(CCC(=O)N2CCC3(CCCCc4ccccc4OC[C@@H](C)NC3=O)CC2)o1. The normalized spacial score (nSPS) is 21.0. The first-order valence-electron chi connectivity index (χ1n) is 13.0. The number of hydrogen-bond donors (Lipinski definition) is 1. The minimum absolute atomic E-state index is 0.0797. The lowest BCUT2D eigenvalue weighted by Crippen LogP contribution is -2.52. The summed E-state index contributed by atoms with van der Waals surface area (Å²) in [6.45, 7) is 7.62. The van der Waals surface area contributed by atoms with Crippen molar-refractivity contribution < 1.29 is 18.7 Å². The molecular weight excluding hydrogens is 444 g/mol. The van der Waals surface area contributed by atoms with Gasteiger partial charge in [-0.15, -0.1) is 10.2 Å². The third kappa shape index (κ3) is 6.21. The number of aromatic nitrogens is 2. The van der Waals surface area contributed by atoms with Crippen molar-refractivity contribution in [3.63, 3.8) is 0 Å². The largest absolute Gasteiger partial charge is 0.491 e. The summed E-state index contributed by atoms with van der Waals surface area (Å²) in [6.07, 6.45) is 5.93. The van der Waals surface area contributed by atoms with Gasteiger partial charge in [-0.25, -0.2) is 0 Å². The molecular formula is C27H38N4O4. The number of amides is 2. The Labute approximate surface area is 207 Å². The zero-order valence-corrected chi connectivity index (χ0v) is 21.2. The summed E-state index contributed by atoms with van der Waals surface area (Å²) in [5.41, 5.74) is 0.797. The van der Waals surface area contributed by atoms with Crippen LogP contribution < -0.4 is 10.1 Å². The van der Waals surface area contributed by atoms with Crippen molar-refractivity contribution in [1.82, 2.24) is 20.4 Å². The Hall–Kier alpha value is -2.90. The van der Waals surface area contributed by atoms with Crippen LogP contribution in [0.25, 0.3) is 0 Å². The Kier molecular flexibility index (Phi) is 8.08. The number of nitrogens with one attached hydrogen (secondary N) is 1. The Morgan fingerprint density at radius 2 is 1.94 bits per heavy atom. The molecule has 35 heavy (non-hydrogen) atoms. The van der Waals surface area contributed by atoms with E-state index in [1.807, 2.05) is 37.8 Å². The number of fused-ring (bicyclic) bond motifs is 1. The molecule has 2 aromatic rings. The number of ether oxygens (including phenoxy) is 1. The Morgan fingerprint density at radius 3 is 2.69 bits per heavy atom. The van der Waals surface area contributed by atoms with Crippen LogP contribution in [0.5, 0.6) is 5.75 Å². The summed E-state index contributed by atoms with van der Waals surface area (Å²) in [4.78, 5) is 28.2. The minimum atomic E-state index is -0.428. The van der Waals surface area contributed by atoms with Crippen LogP contribution >= 0.6 is 0 Å². The van der Waals surface area contributed by atoms with Crippen LogP contribution in [0.2, 0.25) is 0 Å². The first-order chi connectivity index (χ1) is 16.9. The van der Waals surface area contributed by atoms with Gasteiger partial charge in [-0.1, -0.05) is 38.5 Å². The lowest BCUT2D eigenvalue weighted by molar-refractivity contribution is -0.141. The van der Waals surface area contributed by atoms with Crippen LogP contribution in [-0.2, 0) is 22.4 Å². The van der Waals surface area contributed by atoms with Gasteiger partial charge in [0.15, 0.2) is 0 Å². The molecule has 1 atom stereocenters. The maximum absolute atomic E-state index is 13.4. The van der Waals surface area contributed by atoms with Gasteiger partial charge >= 0.3 is 0 Å². The van der Waals surface area contributed by atoms with Gasteiger partial charge in [-0.2, -0.15) is 0 Å². The molecule has 2 aliphatic rings. The molecule has 1 N–H and O–H groups in total.